The van der Waals surface area contributed by atoms with Crippen molar-refractivity contribution in [2.45, 2.75) is 27.2 Å². The second-order valence-electron chi connectivity index (χ2n) is 4.78. The van der Waals surface area contributed by atoms with Gasteiger partial charge in [0.05, 0.1) is 12.3 Å². The number of pyridine rings is 1. The number of anilines is 1. The maximum Gasteiger partial charge on any atom is 0.341 e. The molecule has 0 aliphatic rings. The van der Waals surface area contributed by atoms with Crippen LogP contribution in [-0.4, -0.2) is 24.1 Å². The number of aryl methyl sites for hydroxylation is 1. The number of benzene rings is 1. The summed E-state index contributed by atoms with van der Waals surface area (Å²) in [7, 11) is 0. The lowest BCUT2D eigenvalue weighted by molar-refractivity contribution is 0.0527. The average Bonchev–Trinajstić information content (AvgIpc) is 2.48. The Morgan fingerprint density at radius 2 is 2.14 bits per heavy atom. The van der Waals surface area contributed by atoms with Crippen LogP contribution in [0.25, 0.3) is 10.9 Å². The Hall–Kier alpha value is -2.17. The third-order valence-electron chi connectivity index (χ3n) is 3.23. The molecule has 4 nitrogen and oxygen atoms in total. The Balaban J connectivity index is 2.69. The molecule has 2 rings (SSSR count). The molecule has 1 aromatic heterocycles. The molecule has 0 unspecified atom stereocenters. The fourth-order valence-electron chi connectivity index (χ4n) is 2.23. The maximum atomic E-state index is 13.9. The molecule has 1 N–H and O–H groups in total. The number of hydrogen-bond donors (Lipinski definition) is 1. The molecule has 21 heavy (non-hydrogen) atoms. The number of hydrogen-bond acceptors (Lipinski definition) is 4. The van der Waals surface area contributed by atoms with Crippen molar-refractivity contribution in [1.82, 2.24) is 4.98 Å². The summed E-state index contributed by atoms with van der Waals surface area (Å²) in [5.74, 6) is -0.847. The van der Waals surface area contributed by atoms with Crippen molar-refractivity contribution >= 4 is 22.6 Å². The highest BCUT2D eigenvalue weighted by Gasteiger charge is 2.19. The molecule has 0 amide bonds. The molecule has 0 aliphatic carbocycles. The molecule has 0 saturated carbocycles. The first-order chi connectivity index (χ1) is 10.1. The molecular formula is C16H19FN2O2. The monoisotopic (exact) mass is 290 g/mol. The van der Waals surface area contributed by atoms with Gasteiger partial charge in [-0.05, 0) is 31.9 Å². The Kier molecular flexibility index (Phi) is 4.73. The number of fused-ring (bicyclic) bond motifs is 1. The van der Waals surface area contributed by atoms with Crippen LogP contribution in [0.3, 0.4) is 0 Å². The van der Waals surface area contributed by atoms with Gasteiger partial charge in [-0.3, -0.25) is 4.98 Å². The van der Waals surface area contributed by atoms with Crippen molar-refractivity contribution in [3.05, 3.63) is 35.3 Å². The zero-order valence-electron chi connectivity index (χ0n) is 12.5. The third-order valence-corrected chi connectivity index (χ3v) is 3.23. The summed E-state index contributed by atoms with van der Waals surface area (Å²) in [5, 5.41) is 3.84. The van der Waals surface area contributed by atoms with E-state index in [2.05, 4.69) is 10.3 Å². The summed E-state index contributed by atoms with van der Waals surface area (Å²) in [6.45, 7) is 6.60. The van der Waals surface area contributed by atoms with Gasteiger partial charge in [-0.15, -0.1) is 0 Å². The van der Waals surface area contributed by atoms with Crippen LogP contribution in [0.4, 0.5) is 10.1 Å². The van der Waals surface area contributed by atoms with Gasteiger partial charge in [-0.1, -0.05) is 13.0 Å². The molecule has 1 aromatic carbocycles. The maximum absolute atomic E-state index is 13.9. The van der Waals surface area contributed by atoms with Gasteiger partial charge in [-0.25, -0.2) is 9.18 Å². The van der Waals surface area contributed by atoms with Gasteiger partial charge in [0.2, 0.25) is 0 Å². The van der Waals surface area contributed by atoms with Crippen molar-refractivity contribution in [1.29, 1.82) is 0 Å². The van der Waals surface area contributed by atoms with Crippen molar-refractivity contribution in [2.24, 2.45) is 0 Å². The van der Waals surface area contributed by atoms with Crippen molar-refractivity contribution in [3.8, 4) is 0 Å². The number of aromatic nitrogens is 1. The lowest BCUT2D eigenvalue weighted by Crippen LogP contribution is -2.12. The van der Waals surface area contributed by atoms with Crippen LogP contribution in [0.5, 0.6) is 0 Å². The van der Waals surface area contributed by atoms with Gasteiger partial charge >= 0.3 is 5.97 Å². The van der Waals surface area contributed by atoms with Gasteiger partial charge in [0, 0.05) is 18.1 Å². The molecule has 5 heteroatoms. The van der Waals surface area contributed by atoms with Crippen LogP contribution in [0.15, 0.2) is 18.3 Å². The number of nitrogens with zero attached hydrogens (tertiary/aromatic N) is 1. The number of ether oxygens (including phenoxy) is 1. The summed E-state index contributed by atoms with van der Waals surface area (Å²) in [5.41, 5.74) is 2.06. The first kappa shape index (κ1) is 15.2. The van der Waals surface area contributed by atoms with E-state index < -0.39 is 11.8 Å². The van der Waals surface area contributed by atoms with Crippen LogP contribution in [0, 0.1) is 12.7 Å². The van der Waals surface area contributed by atoms with Gasteiger partial charge in [0.25, 0.3) is 0 Å². The summed E-state index contributed by atoms with van der Waals surface area (Å²) < 4.78 is 19.0. The molecular weight excluding hydrogens is 271 g/mol. The van der Waals surface area contributed by atoms with E-state index in [9.17, 15) is 9.18 Å². The molecule has 0 bridgehead atoms. The molecule has 2 aromatic rings. The largest absolute Gasteiger partial charge is 0.462 e. The zero-order chi connectivity index (χ0) is 15.4. The first-order valence-corrected chi connectivity index (χ1v) is 7.08. The number of carbonyl (C=O) groups excluding carboxylic acids is 1. The Morgan fingerprint density at radius 3 is 2.81 bits per heavy atom. The minimum Gasteiger partial charge on any atom is -0.462 e. The summed E-state index contributed by atoms with van der Waals surface area (Å²) in [6, 6.07) is 3.07. The number of nitrogens with one attached hydrogen (secondary N) is 1. The number of halogens is 1. The lowest BCUT2D eigenvalue weighted by atomic mass is 10.0. The highest BCUT2D eigenvalue weighted by molar-refractivity contribution is 6.06. The van der Waals surface area contributed by atoms with Crippen molar-refractivity contribution in [2.75, 3.05) is 18.5 Å². The summed E-state index contributed by atoms with van der Waals surface area (Å²) >= 11 is 0. The number of rotatable bonds is 5. The predicted octanol–water partition coefficient (Wildman–Crippen LogP) is 3.68. The van der Waals surface area contributed by atoms with Crippen LogP contribution >= 0.6 is 0 Å². The summed E-state index contributed by atoms with van der Waals surface area (Å²) in [6.07, 6.45) is 2.27. The van der Waals surface area contributed by atoms with E-state index in [0.717, 1.165) is 12.0 Å². The standard InChI is InChI=1S/C16H19FN2O2/c1-4-8-18-14-11(16(20)21-5-2)9-19-15-12(17)7-6-10(3)13(14)15/h6-7,9H,4-5,8H2,1-3H3,(H,18,19). The highest BCUT2D eigenvalue weighted by Crippen LogP contribution is 2.31. The van der Waals surface area contributed by atoms with Crippen LogP contribution in [0.2, 0.25) is 0 Å². The SMILES string of the molecule is CCCNc1c(C(=O)OCC)cnc2c(F)ccc(C)c12. The molecule has 112 valence electrons. The predicted molar refractivity (Wildman–Crippen MR) is 81.2 cm³/mol. The van der Waals surface area contributed by atoms with E-state index in [-0.39, 0.29) is 12.1 Å². The quantitative estimate of drug-likeness (QED) is 0.853. The van der Waals surface area contributed by atoms with Crippen LogP contribution in [-0.2, 0) is 4.74 Å². The zero-order valence-corrected chi connectivity index (χ0v) is 12.5. The topological polar surface area (TPSA) is 51.2 Å². The molecule has 0 fully saturated rings. The second-order valence-corrected chi connectivity index (χ2v) is 4.78. The van der Waals surface area contributed by atoms with Gasteiger partial charge < -0.3 is 10.1 Å². The summed E-state index contributed by atoms with van der Waals surface area (Å²) in [4.78, 5) is 16.2. The molecule has 0 radical (unpaired) electrons. The van der Waals surface area contributed by atoms with Crippen LogP contribution < -0.4 is 5.32 Å². The van der Waals surface area contributed by atoms with E-state index >= 15 is 0 Å². The second kappa shape index (κ2) is 6.52. The normalized spacial score (nSPS) is 10.7. The fourth-order valence-corrected chi connectivity index (χ4v) is 2.23. The molecule has 0 spiro atoms. The third kappa shape index (κ3) is 2.96. The fraction of sp³-hybridized carbons (Fsp3) is 0.375. The number of carbonyl (C=O) groups is 1. The van der Waals surface area contributed by atoms with Crippen molar-refractivity contribution < 1.29 is 13.9 Å². The van der Waals surface area contributed by atoms with E-state index in [1.807, 2.05) is 13.8 Å². The Morgan fingerprint density at radius 1 is 1.38 bits per heavy atom. The Labute approximate surface area is 123 Å². The van der Waals surface area contributed by atoms with Crippen molar-refractivity contribution in [3.63, 3.8) is 0 Å². The Bertz CT molecular complexity index is 671. The first-order valence-electron chi connectivity index (χ1n) is 7.08. The van der Waals surface area contributed by atoms with Gasteiger partial charge in [0.15, 0.2) is 0 Å². The van der Waals surface area contributed by atoms with Gasteiger partial charge in [0.1, 0.15) is 16.9 Å². The van der Waals surface area contributed by atoms with Crippen LogP contribution in [0.1, 0.15) is 36.2 Å². The van der Waals surface area contributed by atoms with E-state index in [1.54, 1.807) is 13.0 Å². The minimum atomic E-state index is -0.450. The van der Waals surface area contributed by atoms with E-state index in [4.69, 9.17) is 4.74 Å². The van der Waals surface area contributed by atoms with E-state index in [0.29, 0.717) is 23.2 Å². The van der Waals surface area contributed by atoms with E-state index in [1.165, 1.54) is 12.3 Å². The lowest BCUT2D eigenvalue weighted by Gasteiger charge is -2.15. The minimum absolute atomic E-state index is 0.265. The molecule has 0 atom stereocenters. The van der Waals surface area contributed by atoms with Gasteiger partial charge in [-0.2, -0.15) is 0 Å². The smallest absolute Gasteiger partial charge is 0.341 e. The highest BCUT2D eigenvalue weighted by atomic mass is 19.1. The number of esters is 1. The molecule has 0 aliphatic heterocycles. The molecule has 1 heterocycles. The molecule has 0 saturated heterocycles. The average molecular weight is 290 g/mol.